The highest BCUT2D eigenvalue weighted by Crippen LogP contribution is 2.28. The van der Waals surface area contributed by atoms with Crippen LogP contribution in [-0.2, 0) is 20.5 Å². The molecule has 0 spiro atoms. The van der Waals surface area contributed by atoms with Crippen molar-refractivity contribution in [3.05, 3.63) is 77.7 Å². The number of aromatic nitrogens is 6. The van der Waals surface area contributed by atoms with E-state index in [1.54, 1.807) is 16.8 Å². The van der Waals surface area contributed by atoms with Crippen LogP contribution in [0.4, 0.5) is 17.5 Å². The summed E-state index contributed by atoms with van der Waals surface area (Å²) in [6.45, 7) is 1.95. The van der Waals surface area contributed by atoms with Crippen LogP contribution in [-0.4, -0.2) is 35.1 Å². The zero-order valence-corrected chi connectivity index (χ0v) is 19.1. The molecule has 0 radical (unpaired) electrons. The summed E-state index contributed by atoms with van der Waals surface area (Å²) in [6.07, 6.45) is 3.71. The third-order valence-corrected chi connectivity index (χ3v) is 5.63. The minimum atomic E-state index is -0.0296. The number of aryl methyl sites for hydroxylation is 3. The van der Waals surface area contributed by atoms with E-state index in [0.29, 0.717) is 23.0 Å². The second-order valence-electron chi connectivity index (χ2n) is 8.25. The van der Waals surface area contributed by atoms with E-state index in [9.17, 15) is 4.79 Å². The standard InChI is InChI=1S/C25H24N8O/c1-15-11-22(33(3)31-15)29-25-23-19(9-10-32(23)2)28-24(30-25)17-6-4-5-16(12-17)13-20(34)18-7-8-21(26)27-14-18/h4-12,14H,13H2,1-3H3,(H2,26,27)(H,28,29,30). The Labute approximate surface area is 196 Å². The highest BCUT2D eigenvalue weighted by molar-refractivity contribution is 5.97. The summed E-state index contributed by atoms with van der Waals surface area (Å²) >= 11 is 0. The number of pyridine rings is 1. The molecule has 0 unspecified atom stereocenters. The largest absolute Gasteiger partial charge is 0.384 e. The van der Waals surface area contributed by atoms with Gasteiger partial charge in [-0.15, -0.1) is 0 Å². The van der Waals surface area contributed by atoms with Gasteiger partial charge in [0, 0.05) is 50.1 Å². The first-order valence-corrected chi connectivity index (χ1v) is 10.8. The molecular formula is C25H24N8O. The van der Waals surface area contributed by atoms with Crippen molar-refractivity contribution in [1.82, 2.24) is 29.3 Å². The third-order valence-electron chi connectivity index (χ3n) is 5.63. The van der Waals surface area contributed by atoms with Gasteiger partial charge in [-0.1, -0.05) is 18.2 Å². The topological polar surface area (TPSA) is 117 Å². The van der Waals surface area contributed by atoms with E-state index in [4.69, 9.17) is 15.7 Å². The Morgan fingerprint density at radius 1 is 1.09 bits per heavy atom. The average molecular weight is 453 g/mol. The van der Waals surface area contributed by atoms with E-state index in [2.05, 4.69) is 15.4 Å². The van der Waals surface area contributed by atoms with Crippen LogP contribution in [0.5, 0.6) is 0 Å². The Kier molecular flexibility index (Phi) is 5.29. The van der Waals surface area contributed by atoms with Gasteiger partial charge in [0.25, 0.3) is 0 Å². The third kappa shape index (κ3) is 4.11. The number of rotatable bonds is 6. The summed E-state index contributed by atoms with van der Waals surface area (Å²) in [6, 6.07) is 15.0. The molecule has 0 aliphatic rings. The lowest BCUT2D eigenvalue weighted by Crippen LogP contribution is -2.06. The molecule has 3 N–H and O–H groups in total. The summed E-state index contributed by atoms with van der Waals surface area (Å²) in [5, 5.41) is 7.81. The van der Waals surface area contributed by atoms with Crippen molar-refractivity contribution >= 4 is 34.3 Å². The second kappa shape index (κ2) is 8.43. The molecule has 4 aromatic heterocycles. The van der Waals surface area contributed by atoms with Gasteiger partial charge in [-0.25, -0.2) is 15.0 Å². The van der Waals surface area contributed by atoms with Gasteiger partial charge in [0.1, 0.15) is 17.2 Å². The smallest absolute Gasteiger partial charge is 0.168 e. The number of nitrogen functional groups attached to an aromatic ring is 1. The normalized spacial score (nSPS) is 11.1. The maximum atomic E-state index is 12.7. The lowest BCUT2D eigenvalue weighted by Gasteiger charge is -2.11. The minimum Gasteiger partial charge on any atom is -0.384 e. The van der Waals surface area contributed by atoms with Gasteiger partial charge in [-0.2, -0.15) is 5.10 Å². The van der Waals surface area contributed by atoms with Crippen LogP contribution < -0.4 is 11.1 Å². The predicted octanol–water partition coefficient (Wildman–Crippen LogP) is 3.82. The Bertz CT molecular complexity index is 1510. The molecule has 1 aromatic carbocycles. The van der Waals surface area contributed by atoms with Crippen LogP contribution in [0.3, 0.4) is 0 Å². The highest BCUT2D eigenvalue weighted by Gasteiger charge is 2.15. The summed E-state index contributed by atoms with van der Waals surface area (Å²) in [5.41, 5.74) is 10.5. The highest BCUT2D eigenvalue weighted by atomic mass is 16.1. The van der Waals surface area contributed by atoms with Crippen molar-refractivity contribution in [2.24, 2.45) is 14.1 Å². The average Bonchev–Trinajstić information content (AvgIpc) is 3.35. The summed E-state index contributed by atoms with van der Waals surface area (Å²) in [7, 11) is 3.85. The molecule has 0 fully saturated rings. The quantitative estimate of drug-likeness (QED) is 0.376. The summed E-state index contributed by atoms with van der Waals surface area (Å²) in [5.74, 6) is 2.45. The molecule has 4 heterocycles. The van der Waals surface area contributed by atoms with Crippen molar-refractivity contribution in [1.29, 1.82) is 0 Å². The number of hydrogen-bond donors (Lipinski definition) is 2. The number of Topliss-reactive ketones (excluding diaryl/α,β-unsaturated/α-hetero) is 1. The van der Waals surface area contributed by atoms with Gasteiger partial charge in [0.2, 0.25) is 0 Å². The van der Waals surface area contributed by atoms with Crippen molar-refractivity contribution < 1.29 is 4.79 Å². The lowest BCUT2D eigenvalue weighted by molar-refractivity contribution is 0.0992. The maximum Gasteiger partial charge on any atom is 0.168 e. The lowest BCUT2D eigenvalue weighted by atomic mass is 10.0. The van der Waals surface area contributed by atoms with Crippen LogP contribution in [0.1, 0.15) is 21.6 Å². The first-order chi connectivity index (χ1) is 16.4. The molecule has 0 atom stereocenters. The van der Waals surface area contributed by atoms with Crippen LogP contribution in [0.15, 0.2) is 60.9 Å². The van der Waals surface area contributed by atoms with E-state index in [1.165, 1.54) is 6.20 Å². The number of fused-ring (bicyclic) bond motifs is 1. The fourth-order valence-corrected chi connectivity index (χ4v) is 3.94. The Morgan fingerprint density at radius 2 is 1.94 bits per heavy atom. The number of nitrogens with zero attached hydrogens (tertiary/aromatic N) is 6. The number of benzene rings is 1. The van der Waals surface area contributed by atoms with Crippen molar-refractivity contribution in [3.63, 3.8) is 0 Å². The maximum absolute atomic E-state index is 12.7. The number of ketones is 1. The molecule has 0 saturated heterocycles. The van der Waals surface area contributed by atoms with Crippen molar-refractivity contribution in [2.45, 2.75) is 13.3 Å². The summed E-state index contributed by atoms with van der Waals surface area (Å²) < 4.78 is 3.77. The van der Waals surface area contributed by atoms with Gasteiger partial charge < -0.3 is 15.6 Å². The minimum absolute atomic E-state index is 0.0296. The molecule has 0 aliphatic heterocycles. The van der Waals surface area contributed by atoms with Crippen LogP contribution in [0.25, 0.3) is 22.4 Å². The van der Waals surface area contributed by atoms with E-state index in [-0.39, 0.29) is 12.2 Å². The molecule has 0 aliphatic carbocycles. The zero-order chi connectivity index (χ0) is 23.8. The zero-order valence-electron chi connectivity index (χ0n) is 19.1. The van der Waals surface area contributed by atoms with Crippen LogP contribution in [0.2, 0.25) is 0 Å². The molecule has 9 nitrogen and oxygen atoms in total. The Hall–Kier alpha value is -4.53. The van der Waals surface area contributed by atoms with E-state index in [1.807, 2.05) is 68.2 Å². The molecule has 0 bridgehead atoms. The molecule has 34 heavy (non-hydrogen) atoms. The van der Waals surface area contributed by atoms with Crippen LogP contribution in [0, 0.1) is 6.92 Å². The molecule has 5 rings (SSSR count). The molecule has 9 heteroatoms. The summed E-state index contributed by atoms with van der Waals surface area (Å²) in [4.78, 5) is 26.3. The van der Waals surface area contributed by atoms with Crippen LogP contribution >= 0.6 is 0 Å². The van der Waals surface area contributed by atoms with E-state index < -0.39 is 0 Å². The van der Waals surface area contributed by atoms with E-state index in [0.717, 1.165) is 33.7 Å². The number of anilines is 3. The number of carbonyl (C=O) groups is 1. The first-order valence-electron chi connectivity index (χ1n) is 10.8. The molecule has 170 valence electrons. The molecule has 0 amide bonds. The molecule has 5 aromatic rings. The fourth-order valence-electron chi connectivity index (χ4n) is 3.94. The van der Waals surface area contributed by atoms with Gasteiger partial charge in [-0.05, 0) is 36.8 Å². The van der Waals surface area contributed by atoms with E-state index >= 15 is 0 Å². The van der Waals surface area contributed by atoms with Gasteiger partial charge >= 0.3 is 0 Å². The SMILES string of the molecule is Cc1cc(Nc2nc(-c3cccc(CC(=O)c4ccc(N)nc4)c3)nc3ccn(C)c23)n(C)n1. The number of hydrogen-bond acceptors (Lipinski definition) is 7. The fraction of sp³-hybridized carbons (Fsp3) is 0.160. The molecule has 0 saturated carbocycles. The predicted molar refractivity (Wildman–Crippen MR) is 132 cm³/mol. The van der Waals surface area contributed by atoms with Crippen molar-refractivity contribution in [2.75, 3.05) is 11.1 Å². The monoisotopic (exact) mass is 452 g/mol. The second-order valence-corrected chi connectivity index (χ2v) is 8.25. The van der Waals surface area contributed by atoms with Gasteiger partial charge in [0.15, 0.2) is 17.4 Å². The molecular weight excluding hydrogens is 428 g/mol. The Morgan fingerprint density at radius 3 is 2.68 bits per heavy atom. The Balaban J connectivity index is 1.50. The first kappa shape index (κ1) is 21.3. The van der Waals surface area contributed by atoms with Gasteiger partial charge in [-0.3, -0.25) is 9.48 Å². The van der Waals surface area contributed by atoms with Gasteiger partial charge in [0.05, 0.1) is 11.2 Å². The number of carbonyl (C=O) groups excluding carboxylic acids is 1. The number of nitrogens with one attached hydrogen (secondary N) is 1. The number of nitrogens with two attached hydrogens (primary N) is 1. The van der Waals surface area contributed by atoms with Crippen molar-refractivity contribution in [3.8, 4) is 11.4 Å².